The van der Waals surface area contributed by atoms with Crippen molar-refractivity contribution in [2.75, 3.05) is 19.8 Å². The zero-order chi connectivity index (χ0) is 11.7. The first-order valence-electron chi connectivity index (χ1n) is 6.66. The number of rotatable bonds is 2. The first kappa shape index (κ1) is 11.6. The van der Waals surface area contributed by atoms with Crippen LogP contribution in [0.1, 0.15) is 41.4 Å². The van der Waals surface area contributed by atoms with E-state index in [1.807, 2.05) is 11.3 Å². The second-order valence-corrected chi connectivity index (χ2v) is 6.14. The van der Waals surface area contributed by atoms with Gasteiger partial charge in [0.05, 0.1) is 24.9 Å². The van der Waals surface area contributed by atoms with E-state index in [0.29, 0.717) is 6.04 Å². The molecule has 4 heteroatoms. The molecule has 2 heterocycles. The fourth-order valence-electron chi connectivity index (χ4n) is 2.68. The van der Waals surface area contributed by atoms with E-state index in [0.717, 1.165) is 25.7 Å². The number of ether oxygens (including phenoxy) is 1. The smallest absolute Gasteiger partial charge is 0.112 e. The van der Waals surface area contributed by atoms with Gasteiger partial charge in [-0.3, -0.25) is 0 Å². The number of aromatic nitrogens is 1. The van der Waals surface area contributed by atoms with Gasteiger partial charge in [-0.25, -0.2) is 4.98 Å². The van der Waals surface area contributed by atoms with Crippen molar-refractivity contribution in [2.24, 2.45) is 5.92 Å². The van der Waals surface area contributed by atoms with E-state index in [1.165, 1.54) is 41.3 Å². The van der Waals surface area contributed by atoms with Gasteiger partial charge in [0.2, 0.25) is 0 Å². The molecule has 2 aliphatic rings. The van der Waals surface area contributed by atoms with Crippen molar-refractivity contribution in [2.45, 2.75) is 38.6 Å². The monoisotopic (exact) mass is 252 g/mol. The molecule has 0 spiro atoms. The summed E-state index contributed by atoms with van der Waals surface area (Å²) < 4.78 is 5.51. The first-order chi connectivity index (χ1) is 8.36. The Morgan fingerprint density at radius 1 is 1.53 bits per heavy atom. The van der Waals surface area contributed by atoms with Crippen LogP contribution < -0.4 is 5.32 Å². The predicted octanol–water partition coefficient (Wildman–Crippen LogP) is 2.32. The number of aryl methyl sites for hydroxylation is 1. The van der Waals surface area contributed by atoms with Gasteiger partial charge in [0.25, 0.3) is 0 Å². The molecule has 1 aliphatic heterocycles. The number of thiazole rings is 1. The van der Waals surface area contributed by atoms with Crippen LogP contribution in [0.4, 0.5) is 0 Å². The highest BCUT2D eigenvalue weighted by atomic mass is 32.1. The minimum absolute atomic E-state index is 0.333. The molecule has 2 atom stereocenters. The quantitative estimate of drug-likeness (QED) is 0.877. The standard InChI is InChI=1S/C13H20N2OS/c1-2-9-3-4-10-12(7-9)17-13(15-10)11-8-16-6-5-14-11/h9,11,14H,2-8H2,1H3. The molecule has 2 unspecified atom stereocenters. The number of fused-ring (bicyclic) bond motifs is 1. The van der Waals surface area contributed by atoms with Crippen LogP contribution in [0.25, 0.3) is 0 Å². The van der Waals surface area contributed by atoms with Gasteiger partial charge in [-0.05, 0) is 25.2 Å². The van der Waals surface area contributed by atoms with Crippen LogP contribution in [0.3, 0.4) is 0 Å². The molecule has 0 bridgehead atoms. The molecular weight excluding hydrogens is 232 g/mol. The van der Waals surface area contributed by atoms with Crippen LogP contribution in [0.15, 0.2) is 0 Å². The lowest BCUT2D eigenvalue weighted by molar-refractivity contribution is 0.0767. The molecule has 1 aromatic rings. The van der Waals surface area contributed by atoms with E-state index in [1.54, 1.807) is 0 Å². The third-order valence-electron chi connectivity index (χ3n) is 3.86. The van der Waals surface area contributed by atoms with Crippen molar-refractivity contribution in [1.29, 1.82) is 0 Å². The summed E-state index contributed by atoms with van der Waals surface area (Å²) in [7, 11) is 0. The number of morpholine rings is 1. The zero-order valence-corrected chi connectivity index (χ0v) is 11.2. The normalized spacial score (nSPS) is 29.0. The predicted molar refractivity (Wildman–Crippen MR) is 69.5 cm³/mol. The fraction of sp³-hybridized carbons (Fsp3) is 0.769. The number of nitrogens with one attached hydrogen (secondary N) is 1. The lowest BCUT2D eigenvalue weighted by Crippen LogP contribution is -2.34. The topological polar surface area (TPSA) is 34.1 Å². The molecule has 3 rings (SSSR count). The third-order valence-corrected chi connectivity index (χ3v) is 5.09. The Kier molecular flexibility index (Phi) is 3.45. The van der Waals surface area contributed by atoms with Crippen molar-refractivity contribution in [3.8, 4) is 0 Å². The minimum atomic E-state index is 0.333. The van der Waals surface area contributed by atoms with Gasteiger partial charge in [0.1, 0.15) is 5.01 Å². The van der Waals surface area contributed by atoms with E-state index in [9.17, 15) is 0 Å². The van der Waals surface area contributed by atoms with E-state index < -0.39 is 0 Å². The Morgan fingerprint density at radius 3 is 3.24 bits per heavy atom. The van der Waals surface area contributed by atoms with Gasteiger partial charge >= 0.3 is 0 Å². The molecule has 0 saturated carbocycles. The maximum atomic E-state index is 5.51. The first-order valence-corrected chi connectivity index (χ1v) is 7.48. The van der Waals surface area contributed by atoms with Crippen LogP contribution in [-0.2, 0) is 17.6 Å². The highest BCUT2D eigenvalue weighted by molar-refractivity contribution is 7.11. The fourth-order valence-corrected chi connectivity index (χ4v) is 3.97. The Morgan fingerprint density at radius 2 is 2.47 bits per heavy atom. The summed E-state index contributed by atoms with van der Waals surface area (Å²) in [6, 6.07) is 0.333. The second kappa shape index (κ2) is 5.04. The number of nitrogens with zero attached hydrogens (tertiary/aromatic N) is 1. The van der Waals surface area contributed by atoms with Gasteiger partial charge < -0.3 is 10.1 Å². The van der Waals surface area contributed by atoms with Gasteiger partial charge in [-0.2, -0.15) is 0 Å². The second-order valence-electron chi connectivity index (χ2n) is 5.02. The van der Waals surface area contributed by atoms with Crippen LogP contribution in [0.2, 0.25) is 0 Å². The van der Waals surface area contributed by atoms with Crippen molar-refractivity contribution < 1.29 is 4.74 Å². The summed E-state index contributed by atoms with van der Waals surface area (Å²) in [6.07, 6.45) is 5.05. The van der Waals surface area contributed by atoms with Crippen LogP contribution in [0.5, 0.6) is 0 Å². The van der Waals surface area contributed by atoms with Crippen LogP contribution in [0, 0.1) is 5.92 Å². The highest BCUT2D eigenvalue weighted by Gasteiger charge is 2.25. The van der Waals surface area contributed by atoms with Gasteiger partial charge in [0.15, 0.2) is 0 Å². The largest absolute Gasteiger partial charge is 0.378 e. The Bertz CT molecular complexity index is 385. The molecule has 1 saturated heterocycles. The molecule has 1 fully saturated rings. The molecule has 17 heavy (non-hydrogen) atoms. The van der Waals surface area contributed by atoms with E-state index in [2.05, 4.69) is 12.2 Å². The minimum Gasteiger partial charge on any atom is -0.378 e. The summed E-state index contributed by atoms with van der Waals surface area (Å²) in [4.78, 5) is 6.35. The maximum Gasteiger partial charge on any atom is 0.112 e. The molecular formula is C13H20N2OS. The summed E-state index contributed by atoms with van der Waals surface area (Å²) in [6.45, 7) is 4.86. The molecule has 1 N–H and O–H groups in total. The van der Waals surface area contributed by atoms with Gasteiger partial charge in [0, 0.05) is 11.4 Å². The van der Waals surface area contributed by atoms with E-state index >= 15 is 0 Å². The average molecular weight is 252 g/mol. The third kappa shape index (κ3) is 2.39. The molecule has 1 aromatic heterocycles. The van der Waals surface area contributed by atoms with Crippen molar-refractivity contribution in [3.05, 3.63) is 15.6 Å². The molecule has 0 aromatic carbocycles. The van der Waals surface area contributed by atoms with Gasteiger partial charge in [-0.1, -0.05) is 13.3 Å². The zero-order valence-electron chi connectivity index (χ0n) is 10.4. The summed E-state index contributed by atoms with van der Waals surface area (Å²) >= 11 is 1.91. The lowest BCUT2D eigenvalue weighted by atomic mass is 9.89. The van der Waals surface area contributed by atoms with Crippen molar-refractivity contribution >= 4 is 11.3 Å². The number of hydrogen-bond donors (Lipinski definition) is 1. The van der Waals surface area contributed by atoms with Crippen LogP contribution in [-0.4, -0.2) is 24.7 Å². The van der Waals surface area contributed by atoms with Gasteiger partial charge in [-0.15, -0.1) is 11.3 Å². The Balaban J connectivity index is 1.77. The Hall–Kier alpha value is -0.450. The molecule has 0 amide bonds. The van der Waals surface area contributed by atoms with E-state index in [4.69, 9.17) is 9.72 Å². The van der Waals surface area contributed by atoms with E-state index in [-0.39, 0.29) is 0 Å². The average Bonchev–Trinajstić information content (AvgIpc) is 2.82. The van der Waals surface area contributed by atoms with Crippen molar-refractivity contribution in [3.63, 3.8) is 0 Å². The maximum absolute atomic E-state index is 5.51. The molecule has 0 radical (unpaired) electrons. The van der Waals surface area contributed by atoms with Crippen molar-refractivity contribution in [1.82, 2.24) is 10.3 Å². The molecule has 3 nitrogen and oxygen atoms in total. The van der Waals surface area contributed by atoms with Crippen LogP contribution >= 0.6 is 11.3 Å². The summed E-state index contributed by atoms with van der Waals surface area (Å²) in [5, 5.41) is 4.73. The Labute approximate surface area is 107 Å². The summed E-state index contributed by atoms with van der Waals surface area (Å²) in [5.74, 6) is 0.881. The molecule has 94 valence electrons. The SMILES string of the molecule is CCC1CCc2nc(C3COCCN3)sc2C1. The highest BCUT2D eigenvalue weighted by Crippen LogP contribution is 2.33. The molecule has 1 aliphatic carbocycles. The lowest BCUT2D eigenvalue weighted by Gasteiger charge is -2.21. The number of hydrogen-bond acceptors (Lipinski definition) is 4. The summed E-state index contributed by atoms with van der Waals surface area (Å²) in [5.41, 5.74) is 1.36.